The van der Waals surface area contributed by atoms with Crippen LogP contribution in [-0.4, -0.2) is 23.2 Å². The predicted octanol–water partition coefficient (Wildman–Crippen LogP) is 4.70. The second-order valence-corrected chi connectivity index (χ2v) is 7.06. The molecule has 0 radical (unpaired) electrons. The van der Waals surface area contributed by atoms with Crippen LogP contribution in [0.1, 0.15) is 19.8 Å². The topological polar surface area (TPSA) is 42.2 Å². The van der Waals surface area contributed by atoms with Crippen LogP contribution in [-0.2, 0) is 0 Å². The normalized spacial score (nSPS) is 16.0. The summed E-state index contributed by atoms with van der Waals surface area (Å²) in [7, 11) is 0. The Hall–Kier alpha value is -2.14. The Morgan fingerprint density at radius 3 is 2.61 bits per heavy atom. The highest BCUT2D eigenvalue weighted by atomic mass is 32.1. The number of thiophene rings is 1. The molecule has 118 valence electrons. The van der Waals surface area contributed by atoms with E-state index in [-0.39, 0.29) is 0 Å². The van der Waals surface area contributed by atoms with E-state index in [1.54, 1.807) is 11.3 Å². The molecule has 3 aromatic rings. The SMILES string of the molecule is CC1CCN(c2ccc(-c3noc(-c4cccs4)n3)cc2)CC1. The van der Waals surface area contributed by atoms with Gasteiger partial charge in [0.05, 0.1) is 4.88 Å². The van der Waals surface area contributed by atoms with Crippen LogP contribution < -0.4 is 4.90 Å². The minimum Gasteiger partial charge on any atom is -0.372 e. The molecule has 1 aliphatic rings. The standard InChI is InChI=1S/C18H19N3OS/c1-13-8-10-21(11-9-13)15-6-4-14(5-7-15)17-19-18(22-20-17)16-3-2-12-23-16/h2-7,12-13H,8-11H2,1H3. The molecule has 0 aliphatic carbocycles. The lowest BCUT2D eigenvalue weighted by atomic mass is 9.98. The second kappa shape index (κ2) is 6.16. The van der Waals surface area contributed by atoms with Gasteiger partial charge in [-0.15, -0.1) is 11.3 Å². The molecule has 5 heteroatoms. The predicted molar refractivity (Wildman–Crippen MR) is 93.7 cm³/mol. The average molecular weight is 325 g/mol. The van der Waals surface area contributed by atoms with E-state index >= 15 is 0 Å². The molecule has 4 nitrogen and oxygen atoms in total. The molecular formula is C18H19N3OS. The fourth-order valence-electron chi connectivity index (χ4n) is 2.93. The second-order valence-electron chi connectivity index (χ2n) is 6.12. The Kier molecular flexibility index (Phi) is 3.87. The molecule has 2 aromatic heterocycles. The van der Waals surface area contributed by atoms with Gasteiger partial charge >= 0.3 is 0 Å². The van der Waals surface area contributed by atoms with Gasteiger partial charge in [0.1, 0.15) is 0 Å². The zero-order valence-corrected chi connectivity index (χ0v) is 13.9. The summed E-state index contributed by atoms with van der Waals surface area (Å²) in [5.41, 5.74) is 2.27. The number of nitrogens with zero attached hydrogens (tertiary/aromatic N) is 3. The lowest BCUT2D eigenvalue weighted by Crippen LogP contribution is -2.32. The summed E-state index contributed by atoms with van der Waals surface area (Å²) in [5, 5.41) is 6.11. The van der Waals surface area contributed by atoms with Crippen LogP contribution in [0.2, 0.25) is 0 Å². The van der Waals surface area contributed by atoms with Gasteiger partial charge in [0, 0.05) is 24.3 Å². The van der Waals surface area contributed by atoms with Crippen LogP contribution in [0.3, 0.4) is 0 Å². The lowest BCUT2D eigenvalue weighted by molar-refractivity contribution is 0.433. The fraction of sp³-hybridized carbons (Fsp3) is 0.333. The molecule has 0 bridgehead atoms. The lowest BCUT2D eigenvalue weighted by Gasteiger charge is -2.32. The molecule has 3 heterocycles. The number of hydrogen-bond acceptors (Lipinski definition) is 5. The first-order chi connectivity index (χ1) is 11.3. The quantitative estimate of drug-likeness (QED) is 0.700. The molecule has 0 amide bonds. The molecule has 0 unspecified atom stereocenters. The molecule has 1 fully saturated rings. The van der Waals surface area contributed by atoms with Gasteiger partial charge < -0.3 is 9.42 Å². The molecule has 0 spiro atoms. The van der Waals surface area contributed by atoms with Crippen molar-refractivity contribution in [1.29, 1.82) is 0 Å². The van der Waals surface area contributed by atoms with Crippen molar-refractivity contribution in [2.45, 2.75) is 19.8 Å². The smallest absolute Gasteiger partial charge is 0.268 e. The maximum atomic E-state index is 5.36. The molecule has 1 aromatic carbocycles. The third-order valence-electron chi connectivity index (χ3n) is 4.43. The van der Waals surface area contributed by atoms with Crippen molar-refractivity contribution in [3.63, 3.8) is 0 Å². The summed E-state index contributed by atoms with van der Waals surface area (Å²) < 4.78 is 5.36. The van der Waals surface area contributed by atoms with Crippen LogP contribution in [0, 0.1) is 5.92 Å². The minimum atomic E-state index is 0.587. The van der Waals surface area contributed by atoms with E-state index in [2.05, 4.69) is 46.2 Å². The van der Waals surface area contributed by atoms with Crippen molar-refractivity contribution >= 4 is 17.0 Å². The molecular weight excluding hydrogens is 306 g/mol. The maximum Gasteiger partial charge on any atom is 0.268 e. The zero-order chi connectivity index (χ0) is 15.6. The summed E-state index contributed by atoms with van der Waals surface area (Å²) in [6.07, 6.45) is 2.55. The van der Waals surface area contributed by atoms with Gasteiger partial charge in [0.15, 0.2) is 0 Å². The summed E-state index contributed by atoms with van der Waals surface area (Å²) in [4.78, 5) is 7.95. The summed E-state index contributed by atoms with van der Waals surface area (Å²) >= 11 is 1.60. The number of anilines is 1. The van der Waals surface area contributed by atoms with Gasteiger partial charge in [-0.1, -0.05) is 18.1 Å². The van der Waals surface area contributed by atoms with E-state index in [1.165, 1.54) is 18.5 Å². The highest BCUT2D eigenvalue weighted by Crippen LogP contribution is 2.28. The van der Waals surface area contributed by atoms with Crippen LogP contribution in [0.15, 0.2) is 46.3 Å². The van der Waals surface area contributed by atoms with E-state index in [0.717, 1.165) is 29.4 Å². The number of piperidine rings is 1. The molecule has 1 saturated heterocycles. The Balaban J connectivity index is 1.52. The van der Waals surface area contributed by atoms with Gasteiger partial charge in [0.2, 0.25) is 5.82 Å². The van der Waals surface area contributed by atoms with Crippen molar-refractivity contribution in [2.75, 3.05) is 18.0 Å². The van der Waals surface area contributed by atoms with Crippen molar-refractivity contribution in [3.8, 4) is 22.2 Å². The van der Waals surface area contributed by atoms with Crippen LogP contribution in [0.5, 0.6) is 0 Å². The van der Waals surface area contributed by atoms with Crippen molar-refractivity contribution in [1.82, 2.24) is 10.1 Å². The zero-order valence-electron chi connectivity index (χ0n) is 13.1. The van der Waals surface area contributed by atoms with Gasteiger partial charge in [-0.25, -0.2) is 0 Å². The first kappa shape index (κ1) is 14.5. The third-order valence-corrected chi connectivity index (χ3v) is 5.29. The molecule has 23 heavy (non-hydrogen) atoms. The number of aromatic nitrogens is 2. The van der Waals surface area contributed by atoms with Gasteiger partial charge in [0.25, 0.3) is 5.89 Å². The monoisotopic (exact) mass is 325 g/mol. The van der Waals surface area contributed by atoms with Gasteiger partial charge in [-0.3, -0.25) is 0 Å². The van der Waals surface area contributed by atoms with E-state index in [1.807, 2.05) is 17.5 Å². The summed E-state index contributed by atoms with van der Waals surface area (Å²) in [6, 6.07) is 12.5. The van der Waals surface area contributed by atoms with Crippen LogP contribution >= 0.6 is 11.3 Å². The maximum absolute atomic E-state index is 5.36. The third kappa shape index (κ3) is 3.01. The van der Waals surface area contributed by atoms with Crippen LogP contribution in [0.25, 0.3) is 22.2 Å². The van der Waals surface area contributed by atoms with Gasteiger partial charge in [-0.05, 0) is 54.5 Å². The molecule has 0 N–H and O–H groups in total. The number of hydrogen-bond donors (Lipinski definition) is 0. The van der Waals surface area contributed by atoms with Gasteiger partial charge in [-0.2, -0.15) is 4.98 Å². The molecule has 0 atom stereocenters. The van der Waals surface area contributed by atoms with Crippen molar-refractivity contribution in [3.05, 3.63) is 41.8 Å². The van der Waals surface area contributed by atoms with Crippen molar-refractivity contribution in [2.24, 2.45) is 5.92 Å². The van der Waals surface area contributed by atoms with E-state index in [0.29, 0.717) is 11.7 Å². The number of benzene rings is 1. The molecule has 4 rings (SSSR count). The minimum absolute atomic E-state index is 0.587. The molecule has 1 aliphatic heterocycles. The van der Waals surface area contributed by atoms with E-state index < -0.39 is 0 Å². The Labute approximate surface area is 139 Å². The molecule has 0 saturated carbocycles. The first-order valence-corrected chi connectivity index (χ1v) is 8.90. The number of rotatable bonds is 3. The van der Waals surface area contributed by atoms with Crippen molar-refractivity contribution < 1.29 is 4.52 Å². The summed E-state index contributed by atoms with van der Waals surface area (Å²) in [6.45, 7) is 4.62. The Morgan fingerprint density at radius 1 is 1.13 bits per heavy atom. The highest BCUT2D eigenvalue weighted by molar-refractivity contribution is 7.13. The Morgan fingerprint density at radius 2 is 1.91 bits per heavy atom. The Bertz CT molecular complexity index is 756. The largest absolute Gasteiger partial charge is 0.372 e. The van der Waals surface area contributed by atoms with E-state index in [4.69, 9.17) is 4.52 Å². The summed E-state index contributed by atoms with van der Waals surface area (Å²) in [5.74, 6) is 2.08. The highest BCUT2D eigenvalue weighted by Gasteiger charge is 2.16. The first-order valence-electron chi connectivity index (χ1n) is 8.02. The average Bonchev–Trinajstić information content (AvgIpc) is 3.27. The fourth-order valence-corrected chi connectivity index (χ4v) is 3.57. The van der Waals surface area contributed by atoms with E-state index in [9.17, 15) is 0 Å². The van der Waals surface area contributed by atoms with Crippen LogP contribution in [0.4, 0.5) is 5.69 Å².